The van der Waals surface area contributed by atoms with Crippen molar-refractivity contribution in [2.45, 2.75) is 10.8 Å². The Bertz CT molecular complexity index is 413. The fraction of sp³-hybridized carbons (Fsp3) is 0.100. The number of aromatic nitrogens is 3. The van der Waals surface area contributed by atoms with E-state index < -0.39 is 0 Å². The Morgan fingerprint density at radius 3 is 2.50 bits per heavy atom. The number of hydrogen-bond donors (Lipinski definition) is 0. The standard InChI is InChI=1S/C10H7Cl2N3S/c11-7-1-2-10(15-3-7)16-6-8-4-14-9(12)5-13-8/h1-5H,6H2. The molecule has 2 rings (SSSR count). The highest BCUT2D eigenvalue weighted by Crippen LogP contribution is 2.20. The molecule has 0 unspecified atom stereocenters. The summed E-state index contributed by atoms with van der Waals surface area (Å²) >= 11 is 12.9. The zero-order valence-corrected chi connectivity index (χ0v) is 10.4. The molecule has 0 radical (unpaired) electrons. The maximum Gasteiger partial charge on any atom is 0.147 e. The Kier molecular flexibility index (Phi) is 3.98. The van der Waals surface area contributed by atoms with Crippen molar-refractivity contribution in [1.29, 1.82) is 0 Å². The van der Waals surface area contributed by atoms with Crippen molar-refractivity contribution in [2.75, 3.05) is 0 Å². The van der Waals surface area contributed by atoms with E-state index >= 15 is 0 Å². The minimum absolute atomic E-state index is 0.401. The third-order valence-electron chi connectivity index (χ3n) is 1.74. The van der Waals surface area contributed by atoms with Crippen LogP contribution in [0.1, 0.15) is 5.69 Å². The van der Waals surface area contributed by atoms with Gasteiger partial charge in [0.1, 0.15) is 5.15 Å². The summed E-state index contributed by atoms with van der Waals surface area (Å²) in [6, 6.07) is 3.68. The molecule has 82 valence electrons. The molecule has 0 fully saturated rings. The minimum Gasteiger partial charge on any atom is -0.256 e. The fourth-order valence-electron chi connectivity index (χ4n) is 1.01. The molecule has 0 aliphatic carbocycles. The number of hydrogen-bond acceptors (Lipinski definition) is 4. The molecule has 2 heterocycles. The van der Waals surface area contributed by atoms with Gasteiger partial charge >= 0.3 is 0 Å². The van der Waals surface area contributed by atoms with E-state index in [1.807, 2.05) is 12.1 Å². The molecule has 0 aliphatic heterocycles. The van der Waals surface area contributed by atoms with Gasteiger partial charge in [-0.05, 0) is 12.1 Å². The molecule has 0 atom stereocenters. The van der Waals surface area contributed by atoms with Crippen molar-refractivity contribution >= 4 is 35.0 Å². The Morgan fingerprint density at radius 1 is 1.00 bits per heavy atom. The largest absolute Gasteiger partial charge is 0.256 e. The van der Waals surface area contributed by atoms with E-state index in [1.165, 1.54) is 6.20 Å². The van der Waals surface area contributed by atoms with Crippen LogP contribution >= 0.6 is 35.0 Å². The summed E-state index contributed by atoms with van der Waals surface area (Å²) in [5, 5.41) is 1.94. The van der Waals surface area contributed by atoms with Crippen molar-refractivity contribution < 1.29 is 0 Å². The average molecular weight is 272 g/mol. The van der Waals surface area contributed by atoms with Crippen LogP contribution in [0.4, 0.5) is 0 Å². The van der Waals surface area contributed by atoms with Crippen molar-refractivity contribution in [3.63, 3.8) is 0 Å². The predicted molar refractivity (Wildman–Crippen MR) is 65.9 cm³/mol. The van der Waals surface area contributed by atoms with Gasteiger partial charge in [0, 0.05) is 11.9 Å². The molecule has 0 aliphatic rings. The highest BCUT2D eigenvalue weighted by molar-refractivity contribution is 7.98. The third kappa shape index (κ3) is 3.33. The molecule has 0 bridgehead atoms. The predicted octanol–water partition coefficient (Wildman–Crippen LogP) is 3.47. The van der Waals surface area contributed by atoms with Gasteiger partial charge in [0.2, 0.25) is 0 Å². The van der Waals surface area contributed by atoms with Gasteiger partial charge in [0.05, 0.1) is 28.1 Å². The Morgan fingerprint density at radius 2 is 1.88 bits per heavy atom. The highest BCUT2D eigenvalue weighted by atomic mass is 35.5. The fourth-order valence-corrected chi connectivity index (χ4v) is 1.95. The Balaban J connectivity index is 1.97. The molecule has 0 amide bonds. The van der Waals surface area contributed by atoms with Crippen LogP contribution < -0.4 is 0 Å². The van der Waals surface area contributed by atoms with Gasteiger partial charge < -0.3 is 0 Å². The highest BCUT2D eigenvalue weighted by Gasteiger charge is 1.99. The monoisotopic (exact) mass is 271 g/mol. The van der Waals surface area contributed by atoms with Crippen LogP contribution in [0, 0.1) is 0 Å². The van der Waals surface area contributed by atoms with E-state index in [0.717, 1.165) is 10.7 Å². The second-order valence-corrected chi connectivity index (χ2v) is 4.75. The normalized spacial score (nSPS) is 10.4. The van der Waals surface area contributed by atoms with Crippen molar-refractivity contribution in [2.24, 2.45) is 0 Å². The lowest BCUT2D eigenvalue weighted by Gasteiger charge is -2.00. The Hall–Kier alpha value is -0.840. The molecule has 2 aromatic rings. The maximum absolute atomic E-state index is 5.74. The van der Waals surface area contributed by atoms with Gasteiger partial charge in [0.25, 0.3) is 0 Å². The topological polar surface area (TPSA) is 38.7 Å². The number of thioether (sulfide) groups is 1. The average Bonchev–Trinajstić information content (AvgIpc) is 2.30. The smallest absolute Gasteiger partial charge is 0.147 e. The second kappa shape index (κ2) is 5.48. The molecule has 0 N–H and O–H groups in total. The lowest BCUT2D eigenvalue weighted by atomic mass is 10.5. The number of nitrogens with zero attached hydrogens (tertiary/aromatic N) is 3. The van der Waals surface area contributed by atoms with Gasteiger partial charge in [-0.15, -0.1) is 0 Å². The summed E-state index contributed by atoms with van der Waals surface area (Å²) in [6.45, 7) is 0. The number of halogens is 2. The molecule has 6 heteroatoms. The van der Waals surface area contributed by atoms with Crippen LogP contribution in [-0.2, 0) is 5.75 Å². The molecule has 0 spiro atoms. The molecule has 0 saturated heterocycles. The zero-order chi connectivity index (χ0) is 11.4. The van der Waals surface area contributed by atoms with E-state index in [4.69, 9.17) is 23.2 Å². The van der Waals surface area contributed by atoms with E-state index in [9.17, 15) is 0 Å². The van der Waals surface area contributed by atoms with Crippen molar-refractivity contribution in [1.82, 2.24) is 15.0 Å². The van der Waals surface area contributed by atoms with Gasteiger partial charge in [0.15, 0.2) is 0 Å². The van der Waals surface area contributed by atoms with E-state index in [-0.39, 0.29) is 0 Å². The van der Waals surface area contributed by atoms with Gasteiger partial charge in [-0.3, -0.25) is 4.98 Å². The first-order chi connectivity index (χ1) is 7.74. The minimum atomic E-state index is 0.401. The number of rotatable bonds is 3. The van der Waals surface area contributed by atoms with Crippen LogP contribution in [0.3, 0.4) is 0 Å². The summed E-state index contributed by atoms with van der Waals surface area (Å²) in [4.78, 5) is 12.3. The molecule has 16 heavy (non-hydrogen) atoms. The summed E-state index contributed by atoms with van der Waals surface area (Å²) in [6.07, 6.45) is 4.81. The summed E-state index contributed by atoms with van der Waals surface area (Å²) < 4.78 is 0. The second-order valence-electron chi connectivity index (χ2n) is 2.93. The van der Waals surface area contributed by atoms with Crippen LogP contribution in [0.5, 0.6) is 0 Å². The lowest BCUT2D eigenvalue weighted by Crippen LogP contribution is -1.89. The van der Waals surface area contributed by atoms with Gasteiger partial charge in [-0.2, -0.15) is 0 Å². The first kappa shape index (κ1) is 11.6. The van der Waals surface area contributed by atoms with Crippen LogP contribution in [0.15, 0.2) is 35.7 Å². The van der Waals surface area contributed by atoms with Gasteiger partial charge in [-0.25, -0.2) is 9.97 Å². The molecule has 0 saturated carbocycles. The van der Waals surface area contributed by atoms with Gasteiger partial charge in [-0.1, -0.05) is 35.0 Å². The molecule has 0 aromatic carbocycles. The first-order valence-corrected chi connectivity index (χ1v) is 6.19. The van der Waals surface area contributed by atoms with E-state index in [1.54, 1.807) is 24.2 Å². The maximum atomic E-state index is 5.74. The Labute approximate surface area is 107 Å². The molecular weight excluding hydrogens is 265 g/mol. The van der Waals surface area contributed by atoms with Crippen LogP contribution in [0.25, 0.3) is 0 Å². The summed E-state index contributed by atoms with van der Waals surface area (Å²) in [5.41, 5.74) is 0.867. The van der Waals surface area contributed by atoms with E-state index in [2.05, 4.69) is 15.0 Å². The SMILES string of the molecule is Clc1ccc(SCc2cnc(Cl)cn2)nc1. The summed E-state index contributed by atoms with van der Waals surface area (Å²) in [5.74, 6) is 0.707. The summed E-state index contributed by atoms with van der Waals surface area (Å²) in [7, 11) is 0. The quantitative estimate of drug-likeness (QED) is 0.802. The molecular formula is C10H7Cl2N3S. The zero-order valence-electron chi connectivity index (χ0n) is 8.10. The van der Waals surface area contributed by atoms with Crippen LogP contribution in [-0.4, -0.2) is 15.0 Å². The first-order valence-electron chi connectivity index (χ1n) is 4.45. The molecule has 2 aromatic heterocycles. The van der Waals surface area contributed by atoms with Crippen molar-refractivity contribution in [3.8, 4) is 0 Å². The van der Waals surface area contributed by atoms with Crippen LogP contribution in [0.2, 0.25) is 10.2 Å². The number of pyridine rings is 1. The van der Waals surface area contributed by atoms with Crippen molar-refractivity contribution in [3.05, 3.63) is 46.6 Å². The van der Waals surface area contributed by atoms with E-state index in [0.29, 0.717) is 15.9 Å². The molecule has 3 nitrogen and oxygen atoms in total. The third-order valence-corrected chi connectivity index (χ3v) is 3.14. The lowest BCUT2D eigenvalue weighted by molar-refractivity contribution is 1.09.